The minimum absolute atomic E-state index is 0.0650. The lowest BCUT2D eigenvalue weighted by molar-refractivity contribution is -0.146. The van der Waals surface area contributed by atoms with Crippen LogP contribution in [-0.4, -0.2) is 36.2 Å². The number of carbonyl (C=O) groups excluding carboxylic acids is 2. The second kappa shape index (κ2) is 9.78. The predicted octanol–water partition coefficient (Wildman–Crippen LogP) is 1.53. The van der Waals surface area contributed by atoms with Gasteiger partial charge in [0.2, 0.25) is 5.91 Å². The Bertz CT molecular complexity index is 281. The van der Waals surface area contributed by atoms with Crippen LogP contribution in [0.1, 0.15) is 57.8 Å². The number of nitrogens with one attached hydrogen (secondary N) is 1. The second-order valence-corrected chi connectivity index (χ2v) is 5.02. The van der Waals surface area contributed by atoms with E-state index >= 15 is 0 Å². The molecular formula is C14H25NO4. The summed E-state index contributed by atoms with van der Waals surface area (Å²) in [5, 5.41) is 11.2. The highest BCUT2D eigenvalue weighted by Crippen LogP contribution is 2.10. The van der Waals surface area contributed by atoms with E-state index in [4.69, 9.17) is 9.84 Å². The van der Waals surface area contributed by atoms with Gasteiger partial charge in [-0.2, -0.15) is 0 Å². The molecule has 1 fully saturated rings. The van der Waals surface area contributed by atoms with E-state index < -0.39 is 6.04 Å². The van der Waals surface area contributed by atoms with Crippen molar-refractivity contribution in [1.82, 2.24) is 5.32 Å². The lowest BCUT2D eigenvalue weighted by atomic mass is 10.1. The van der Waals surface area contributed by atoms with Gasteiger partial charge in [-0.25, -0.2) is 4.79 Å². The largest absolute Gasteiger partial charge is 0.464 e. The molecule has 0 radical (unpaired) electrons. The van der Waals surface area contributed by atoms with Crippen molar-refractivity contribution in [3.63, 3.8) is 0 Å². The molecule has 0 saturated carbocycles. The van der Waals surface area contributed by atoms with Crippen molar-refractivity contribution in [3.8, 4) is 0 Å². The molecule has 1 saturated heterocycles. The van der Waals surface area contributed by atoms with Crippen molar-refractivity contribution >= 4 is 11.9 Å². The quantitative estimate of drug-likeness (QED) is 0.467. The van der Waals surface area contributed by atoms with Crippen molar-refractivity contribution in [1.29, 1.82) is 0 Å². The molecule has 19 heavy (non-hydrogen) atoms. The molecule has 1 aliphatic heterocycles. The van der Waals surface area contributed by atoms with E-state index in [-0.39, 0.29) is 18.5 Å². The molecule has 0 aromatic carbocycles. The van der Waals surface area contributed by atoms with Gasteiger partial charge in [0.15, 0.2) is 0 Å². The van der Waals surface area contributed by atoms with E-state index in [0.29, 0.717) is 19.4 Å². The van der Waals surface area contributed by atoms with Gasteiger partial charge in [-0.1, -0.05) is 32.1 Å². The highest BCUT2D eigenvalue weighted by molar-refractivity contribution is 5.87. The molecule has 5 heteroatoms. The standard InChI is InChI=1S/C14H25NO4/c16-10-6-4-2-1-3-5-7-11-19-14(18)12-8-9-13(17)15-12/h12,16H,1-11H2,(H,15,17). The zero-order valence-electron chi connectivity index (χ0n) is 11.5. The van der Waals surface area contributed by atoms with Crippen LogP contribution in [0.25, 0.3) is 0 Å². The summed E-state index contributed by atoms with van der Waals surface area (Å²) in [5.41, 5.74) is 0. The molecule has 0 aromatic heterocycles. The van der Waals surface area contributed by atoms with Crippen LogP contribution in [0.4, 0.5) is 0 Å². The molecular weight excluding hydrogens is 246 g/mol. The van der Waals surface area contributed by atoms with Gasteiger partial charge in [0.25, 0.3) is 0 Å². The topological polar surface area (TPSA) is 75.6 Å². The Morgan fingerprint density at radius 1 is 1.16 bits per heavy atom. The summed E-state index contributed by atoms with van der Waals surface area (Å²) >= 11 is 0. The van der Waals surface area contributed by atoms with Gasteiger partial charge in [-0.15, -0.1) is 0 Å². The maximum Gasteiger partial charge on any atom is 0.328 e. The highest BCUT2D eigenvalue weighted by Gasteiger charge is 2.28. The first-order valence-corrected chi connectivity index (χ1v) is 7.31. The van der Waals surface area contributed by atoms with E-state index in [1.807, 2.05) is 0 Å². The summed E-state index contributed by atoms with van der Waals surface area (Å²) in [6, 6.07) is -0.425. The summed E-state index contributed by atoms with van der Waals surface area (Å²) in [6.45, 7) is 0.732. The summed E-state index contributed by atoms with van der Waals surface area (Å²) < 4.78 is 5.13. The number of esters is 1. The third kappa shape index (κ3) is 7.15. The molecule has 1 atom stereocenters. The summed E-state index contributed by atoms with van der Waals surface area (Å²) in [6.07, 6.45) is 8.38. The first-order chi connectivity index (χ1) is 9.24. The molecule has 0 aliphatic carbocycles. The average molecular weight is 271 g/mol. The fourth-order valence-corrected chi connectivity index (χ4v) is 2.16. The maximum absolute atomic E-state index is 11.5. The second-order valence-electron chi connectivity index (χ2n) is 5.02. The van der Waals surface area contributed by atoms with Crippen molar-refractivity contribution in [2.24, 2.45) is 0 Å². The van der Waals surface area contributed by atoms with E-state index in [2.05, 4.69) is 5.32 Å². The summed E-state index contributed by atoms with van der Waals surface area (Å²) in [5.74, 6) is -0.362. The first-order valence-electron chi connectivity index (χ1n) is 7.31. The van der Waals surface area contributed by atoms with Gasteiger partial charge < -0.3 is 15.2 Å². The fourth-order valence-electron chi connectivity index (χ4n) is 2.16. The molecule has 2 N–H and O–H groups in total. The molecule has 1 heterocycles. The van der Waals surface area contributed by atoms with Gasteiger partial charge in [0.1, 0.15) is 6.04 Å². The van der Waals surface area contributed by atoms with Crippen molar-refractivity contribution < 1.29 is 19.4 Å². The van der Waals surface area contributed by atoms with Crippen molar-refractivity contribution in [3.05, 3.63) is 0 Å². The van der Waals surface area contributed by atoms with Gasteiger partial charge in [-0.3, -0.25) is 4.79 Å². The van der Waals surface area contributed by atoms with Crippen LogP contribution in [-0.2, 0) is 14.3 Å². The van der Waals surface area contributed by atoms with Gasteiger partial charge in [-0.05, 0) is 19.3 Å². The summed E-state index contributed by atoms with van der Waals surface area (Å²) in [4.78, 5) is 22.5. The minimum Gasteiger partial charge on any atom is -0.464 e. The Morgan fingerprint density at radius 2 is 1.79 bits per heavy atom. The number of ether oxygens (including phenoxy) is 1. The zero-order chi connectivity index (χ0) is 13.9. The van der Waals surface area contributed by atoms with Gasteiger partial charge in [0.05, 0.1) is 6.61 Å². The Morgan fingerprint density at radius 3 is 2.37 bits per heavy atom. The number of rotatable bonds is 10. The van der Waals surface area contributed by atoms with E-state index in [1.54, 1.807) is 0 Å². The van der Waals surface area contributed by atoms with Crippen LogP contribution in [0.3, 0.4) is 0 Å². The number of hydrogen-bond donors (Lipinski definition) is 2. The number of amides is 1. The molecule has 1 unspecified atom stereocenters. The SMILES string of the molecule is O=C1CCC(C(=O)OCCCCCCCCCO)N1. The minimum atomic E-state index is -0.425. The molecule has 5 nitrogen and oxygen atoms in total. The monoisotopic (exact) mass is 271 g/mol. The van der Waals surface area contributed by atoms with Crippen LogP contribution in [0.15, 0.2) is 0 Å². The lowest BCUT2D eigenvalue weighted by Crippen LogP contribution is -2.34. The summed E-state index contributed by atoms with van der Waals surface area (Å²) in [7, 11) is 0. The third-order valence-electron chi connectivity index (χ3n) is 3.33. The van der Waals surface area contributed by atoms with Crippen molar-refractivity contribution in [2.45, 2.75) is 63.8 Å². The number of aliphatic hydroxyl groups is 1. The van der Waals surface area contributed by atoms with E-state index in [1.165, 1.54) is 6.42 Å². The van der Waals surface area contributed by atoms with Crippen LogP contribution in [0.5, 0.6) is 0 Å². The Labute approximate surface area is 114 Å². The van der Waals surface area contributed by atoms with E-state index in [0.717, 1.165) is 38.5 Å². The molecule has 110 valence electrons. The Hall–Kier alpha value is -1.10. The molecule has 0 bridgehead atoms. The molecule has 0 spiro atoms. The number of aliphatic hydroxyl groups excluding tert-OH is 1. The van der Waals surface area contributed by atoms with Crippen LogP contribution >= 0.6 is 0 Å². The zero-order valence-corrected chi connectivity index (χ0v) is 11.5. The smallest absolute Gasteiger partial charge is 0.328 e. The molecule has 1 amide bonds. The van der Waals surface area contributed by atoms with Crippen LogP contribution < -0.4 is 5.32 Å². The predicted molar refractivity (Wildman–Crippen MR) is 71.5 cm³/mol. The van der Waals surface area contributed by atoms with Crippen LogP contribution in [0.2, 0.25) is 0 Å². The van der Waals surface area contributed by atoms with Gasteiger partial charge >= 0.3 is 5.97 Å². The Balaban J connectivity index is 1.88. The Kier molecular flexibility index (Phi) is 8.21. The average Bonchev–Trinajstić information content (AvgIpc) is 2.83. The van der Waals surface area contributed by atoms with Gasteiger partial charge in [0, 0.05) is 13.0 Å². The lowest BCUT2D eigenvalue weighted by Gasteiger charge is -2.09. The first kappa shape index (κ1) is 16.0. The molecule has 0 aromatic rings. The number of hydrogen-bond acceptors (Lipinski definition) is 4. The highest BCUT2D eigenvalue weighted by atomic mass is 16.5. The van der Waals surface area contributed by atoms with Crippen molar-refractivity contribution in [2.75, 3.05) is 13.2 Å². The number of unbranched alkanes of at least 4 members (excludes halogenated alkanes) is 6. The number of carbonyl (C=O) groups is 2. The normalized spacial score (nSPS) is 18.4. The van der Waals surface area contributed by atoms with Crippen LogP contribution in [0, 0.1) is 0 Å². The third-order valence-corrected chi connectivity index (χ3v) is 3.33. The van der Waals surface area contributed by atoms with E-state index in [9.17, 15) is 9.59 Å². The molecule has 1 aliphatic rings. The fraction of sp³-hybridized carbons (Fsp3) is 0.857. The molecule has 1 rings (SSSR count). The maximum atomic E-state index is 11.5.